The Kier molecular flexibility index (Phi) is 8.38. The number of carbonyl (C=O) groups is 1. The molecule has 1 saturated heterocycles. The van der Waals surface area contributed by atoms with Crippen molar-refractivity contribution in [1.29, 1.82) is 0 Å². The Labute approximate surface area is 211 Å². The molecule has 9 heteroatoms. The second-order valence-corrected chi connectivity index (χ2v) is 17.5. The van der Waals surface area contributed by atoms with Crippen LogP contribution in [0.15, 0.2) is 22.8 Å². The standard InChI is InChI=1S/C25H38BrN3O4Si/c1-34(2,3)11-10-32-17-28-21(8-9-25(28)31)16-33-24-13-23-19(12-22(24)26)14-29(27-23)20-6-4-18(15-30)5-7-20/h12-14,18,20-21,30H,4-11,15-17H2,1-3H3/t18?,20?,21-/m0/s1. The first-order valence-corrected chi connectivity index (χ1v) is 17.0. The molecule has 1 aromatic heterocycles. The summed E-state index contributed by atoms with van der Waals surface area (Å²) in [7, 11) is -1.15. The Balaban J connectivity index is 1.36. The third-order valence-corrected chi connectivity index (χ3v) is 9.46. The van der Waals surface area contributed by atoms with Crippen LogP contribution in [0.3, 0.4) is 0 Å². The Morgan fingerprint density at radius 3 is 2.65 bits per heavy atom. The summed E-state index contributed by atoms with van der Waals surface area (Å²) in [5.74, 6) is 1.33. The molecule has 0 spiro atoms. The van der Waals surface area contributed by atoms with Gasteiger partial charge < -0.3 is 19.5 Å². The summed E-state index contributed by atoms with van der Waals surface area (Å²) in [5, 5.41) is 15.3. The molecule has 1 aromatic carbocycles. The van der Waals surface area contributed by atoms with Crippen LogP contribution in [0.2, 0.25) is 25.7 Å². The summed E-state index contributed by atoms with van der Waals surface area (Å²) >= 11 is 3.66. The monoisotopic (exact) mass is 551 g/mol. The summed E-state index contributed by atoms with van der Waals surface area (Å²) in [6, 6.07) is 5.56. The van der Waals surface area contributed by atoms with E-state index in [1.807, 2.05) is 11.0 Å². The number of hydrogen-bond acceptors (Lipinski definition) is 5. The van der Waals surface area contributed by atoms with E-state index in [1.165, 1.54) is 0 Å². The van der Waals surface area contributed by atoms with Crippen LogP contribution in [0.5, 0.6) is 5.75 Å². The van der Waals surface area contributed by atoms with Gasteiger partial charge in [0, 0.05) is 45.4 Å². The number of hydrogen-bond donors (Lipinski definition) is 1. The number of halogens is 1. The second kappa shape index (κ2) is 11.1. The molecule has 0 bridgehead atoms. The van der Waals surface area contributed by atoms with Crippen molar-refractivity contribution in [1.82, 2.24) is 14.7 Å². The van der Waals surface area contributed by atoms with Crippen molar-refractivity contribution >= 4 is 40.8 Å². The fourth-order valence-corrected chi connectivity index (χ4v) is 6.04. The first-order valence-electron chi connectivity index (χ1n) is 12.5. The molecule has 4 rings (SSSR count). The van der Waals surface area contributed by atoms with Crippen LogP contribution in [0.25, 0.3) is 10.9 Å². The maximum Gasteiger partial charge on any atom is 0.224 e. The Bertz CT molecular complexity index is 984. The van der Waals surface area contributed by atoms with Gasteiger partial charge in [-0.3, -0.25) is 9.48 Å². The predicted octanol–water partition coefficient (Wildman–Crippen LogP) is 5.20. The zero-order chi connectivity index (χ0) is 24.3. The Hall–Kier alpha value is -1.42. The summed E-state index contributed by atoms with van der Waals surface area (Å²) in [6.07, 6.45) is 7.66. The average Bonchev–Trinajstić information content (AvgIpc) is 3.37. The van der Waals surface area contributed by atoms with Crippen molar-refractivity contribution in [2.45, 2.75) is 76.3 Å². The zero-order valence-electron chi connectivity index (χ0n) is 20.6. The lowest BCUT2D eigenvalue weighted by molar-refractivity contribution is -0.134. The van der Waals surface area contributed by atoms with E-state index in [1.54, 1.807) is 0 Å². The van der Waals surface area contributed by atoms with E-state index < -0.39 is 8.07 Å². The number of likely N-dealkylation sites (tertiary alicyclic amines) is 1. The highest BCUT2D eigenvalue weighted by molar-refractivity contribution is 9.10. The van der Waals surface area contributed by atoms with Crippen molar-refractivity contribution in [2.24, 2.45) is 5.92 Å². The normalized spacial score (nSPS) is 23.7. The number of ether oxygens (including phenoxy) is 2. The smallest absolute Gasteiger partial charge is 0.224 e. The van der Waals surface area contributed by atoms with Gasteiger partial charge in [0.2, 0.25) is 5.91 Å². The molecule has 2 heterocycles. The highest BCUT2D eigenvalue weighted by atomic mass is 79.9. The van der Waals surface area contributed by atoms with Crippen LogP contribution in [0, 0.1) is 5.92 Å². The van der Waals surface area contributed by atoms with E-state index in [0.717, 1.165) is 59.3 Å². The maximum atomic E-state index is 12.4. The molecule has 7 nitrogen and oxygen atoms in total. The van der Waals surface area contributed by atoms with Crippen LogP contribution in [-0.4, -0.2) is 66.4 Å². The van der Waals surface area contributed by atoms with Crippen molar-refractivity contribution in [2.75, 3.05) is 26.6 Å². The molecule has 1 aliphatic carbocycles. The zero-order valence-corrected chi connectivity index (χ0v) is 23.2. The number of carbonyl (C=O) groups excluding carboxylic acids is 1. The quantitative estimate of drug-likeness (QED) is 0.324. The molecule has 2 aliphatic rings. The van der Waals surface area contributed by atoms with E-state index in [0.29, 0.717) is 38.3 Å². The second-order valence-electron chi connectivity index (χ2n) is 11.0. The van der Waals surface area contributed by atoms with Crippen LogP contribution in [0.1, 0.15) is 44.6 Å². The molecule has 1 saturated carbocycles. The van der Waals surface area contributed by atoms with Gasteiger partial charge in [0.1, 0.15) is 19.1 Å². The minimum atomic E-state index is -1.15. The topological polar surface area (TPSA) is 76.8 Å². The summed E-state index contributed by atoms with van der Waals surface area (Å²) < 4.78 is 15.0. The fourth-order valence-electron chi connectivity index (χ4n) is 4.80. The first-order chi connectivity index (χ1) is 16.2. The van der Waals surface area contributed by atoms with Gasteiger partial charge in [0.15, 0.2) is 0 Å². The van der Waals surface area contributed by atoms with E-state index >= 15 is 0 Å². The number of aromatic nitrogens is 2. The van der Waals surface area contributed by atoms with Gasteiger partial charge in [-0.15, -0.1) is 0 Å². The molecule has 1 N–H and O–H groups in total. The SMILES string of the molecule is C[Si](C)(C)CCOCN1C(=O)CC[C@H]1COc1cc2nn(C3CCC(CO)CC3)cc2cc1Br. The van der Waals surface area contributed by atoms with Crippen LogP contribution in [-0.2, 0) is 9.53 Å². The molecule has 0 radical (unpaired) electrons. The lowest BCUT2D eigenvalue weighted by Gasteiger charge is -2.27. The molecule has 34 heavy (non-hydrogen) atoms. The number of aliphatic hydroxyl groups excluding tert-OH is 1. The lowest BCUT2D eigenvalue weighted by Crippen LogP contribution is -2.39. The molecule has 0 unspecified atom stereocenters. The molecule has 1 atom stereocenters. The van der Waals surface area contributed by atoms with E-state index in [2.05, 4.69) is 52.5 Å². The number of benzene rings is 1. The summed E-state index contributed by atoms with van der Waals surface area (Å²) in [4.78, 5) is 14.2. The van der Waals surface area contributed by atoms with Gasteiger partial charge in [-0.05, 0) is 66.1 Å². The van der Waals surface area contributed by atoms with Crippen molar-refractivity contribution < 1.29 is 19.4 Å². The van der Waals surface area contributed by atoms with Gasteiger partial charge in [-0.25, -0.2) is 0 Å². The highest BCUT2D eigenvalue weighted by Crippen LogP contribution is 2.35. The minimum absolute atomic E-state index is 0.0289. The summed E-state index contributed by atoms with van der Waals surface area (Å²) in [5.41, 5.74) is 0.913. The molecule has 1 aliphatic heterocycles. The number of aliphatic hydroxyl groups is 1. The molecule has 188 valence electrons. The fraction of sp³-hybridized carbons (Fsp3) is 0.680. The van der Waals surface area contributed by atoms with Crippen LogP contribution >= 0.6 is 15.9 Å². The first kappa shape index (κ1) is 25.7. The van der Waals surface area contributed by atoms with Crippen molar-refractivity contribution in [3.8, 4) is 5.75 Å². The lowest BCUT2D eigenvalue weighted by atomic mass is 9.87. The number of rotatable bonds is 10. The van der Waals surface area contributed by atoms with E-state index in [-0.39, 0.29) is 18.6 Å². The predicted molar refractivity (Wildman–Crippen MR) is 140 cm³/mol. The van der Waals surface area contributed by atoms with Gasteiger partial charge >= 0.3 is 0 Å². The molecule has 1 amide bonds. The molecular formula is C25H38BrN3O4Si. The third-order valence-electron chi connectivity index (χ3n) is 7.13. The van der Waals surface area contributed by atoms with Crippen molar-refractivity contribution in [3.63, 3.8) is 0 Å². The van der Waals surface area contributed by atoms with Gasteiger partial charge in [0.25, 0.3) is 0 Å². The van der Waals surface area contributed by atoms with Crippen molar-refractivity contribution in [3.05, 3.63) is 22.8 Å². The molecule has 2 aromatic rings. The third kappa shape index (κ3) is 6.41. The van der Waals surface area contributed by atoms with Crippen LogP contribution < -0.4 is 4.74 Å². The molecule has 2 fully saturated rings. The Morgan fingerprint density at radius 2 is 1.94 bits per heavy atom. The van der Waals surface area contributed by atoms with Gasteiger partial charge in [-0.2, -0.15) is 5.10 Å². The number of nitrogens with zero attached hydrogens (tertiary/aromatic N) is 3. The summed E-state index contributed by atoms with van der Waals surface area (Å²) in [6.45, 7) is 8.77. The minimum Gasteiger partial charge on any atom is -0.490 e. The van der Waals surface area contributed by atoms with E-state index in [4.69, 9.17) is 14.6 Å². The average molecular weight is 553 g/mol. The number of fused-ring (bicyclic) bond motifs is 1. The Morgan fingerprint density at radius 1 is 1.18 bits per heavy atom. The highest BCUT2D eigenvalue weighted by Gasteiger charge is 2.32. The largest absolute Gasteiger partial charge is 0.490 e. The molecular weight excluding hydrogens is 514 g/mol. The van der Waals surface area contributed by atoms with Gasteiger partial charge in [-0.1, -0.05) is 19.6 Å². The van der Waals surface area contributed by atoms with E-state index in [9.17, 15) is 9.90 Å². The van der Waals surface area contributed by atoms with Crippen LogP contribution in [0.4, 0.5) is 0 Å². The number of amides is 1. The van der Waals surface area contributed by atoms with Gasteiger partial charge in [0.05, 0.1) is 22.1 Å². The maximum absolute atomic E-state index is 12.4.